The number of carbonyl (C=O) groups is 1. The monoisotopic (exact) mass is 397 g/mol. The van der Waals surface area contributed by atoms with E-state index in [1.54, 1.807) is 6.92 Å². The van der Waals surface area contributed by atoms with Gasteiger partial charge in [0.1, 0.15) is 17.2 Å². The van der Waals surface area contributed by atoms with Crippen molar-refractivity contribution in [3.05, 3.63) is 53.9 Å². The third kappa shape index (κ3) is 4.49. The molecule has 0 spiro atoms. The van der Waals surface area contributed by atoms with Crippen LogP contribution in [0.3, 0.4) is 0 Å². The van der Waals surface area contributed by atoms with Crippen LogP contribution in [0.2, 0.25) is 0 Å². The second-order valence-electron chi connectivity index (χ2n) is 5.98. The smallest absolute Gasteiger partial charge is 0.438 e. The van der Waals surface area contributed by atoms with Gasteiger partial charge in [0.25, 0.3) is 5.91 Å². The lowest BCUT2D eigenvalue weighted by Crippen LogP contribution is -2.23. The molecule has 1 aromatic heterocycles. The second-order valence-corrected chi connectivity index (χ2v) is 5.98. The molecule has 1 aromatic carbocycles. The fourth-order valence-electron chi connectivity index (χ4n) is 2.49. The predicted octanol–water partition coefficient (Wildman–Crippen LogP) is 3.13. The summed E-state index contributed by atoms with van der Waals surface area (Å²) >= 11 is 0. The molecule has 2 aromatic rings. The number of halogens is 3. The van der Waals surface area contributed by atoms with Crippen molar-refractivity contribution in [3.63, 3.8) is 0 Å². The van der Waals surface area contributed by atoms with Gasteiger partial charge in [0, 0.05) is 0 Å². The van der Waals surface area contributed by atoms with Crippen LogP contribution in [-0.4, -0.2) is 28.4 Å². The molecule has 0 saturated heterocycles. The lowest BCUT2D eigenvalue weighted by molar-refractivity contribution is -0.274. The first-order valence-electron chi connectivity index (χ1n) is 7.88. The number of oxime groups is 1. The number of ether oxygens (including phenoxy) is 2. The molecule has 0 fully saturated rings. The van der Waals surface area contributed by atoms with Crippen LogP contribution in [0.4, 0.5) is 13.2 Å². The van der Waals surface area contributed by atoms with Crippen LogP contribution in [0.15, 0.2) is 47.8 Å². The molecule has 0 radical (unpaired) electrons. The molecule has 2 heterocycles. The number of pyridine rings is 1. The number of hydrogen-bond acceptors (Lipinski definition) is 7. The van der Waals surface area contributed by atoms with Crippen molar-refractivity contribution in [1.29, 1.82) is 0 Å². The van der Waals surface area contributed by atoms with Crippen LogP contribution in [0.1, 0.15) is 29.4 Å². The Hall–Kier alpha value is -3.34. The lowest BCUT2D eigenvalue weighted by atomic mass is 9.93. The maximum atomic E-state index is 12.2. The summed E-state index contributed by atoms with van der Waals surface area (Å²) in [5.41, 5.74) is 1.10. The Labute approximate surface area is 156 Å². The van der Waals surface area contributed by atoms with Crippen LogP contribution in [-0.2, 0) is 10.4 Å². The van der Waals surface area contributed by atoms with Crippen molar-refractivity contribution in [2.24, 2.45) is 5.16 Å². The Kier molecular flexibility index (Phi) is 5.10. The minimum atomic E-state index is -4.76. The Bertz CT molecular complexity index is 884. The largest absolute Gasteiger partial charge is 0.573 e. The highest BCUT2D eigenvalue weighted by Gasteiger charge is 2.38. The fraction of sp³-hybridized carbons (Fsp3) is 0.235. The molecule has 0 saturated carbocycles. The number of rotatable bonds is 4. The van der Waals surface area contributed by atoms with Gasteiger partial charge < -0.3 is 14.3 Å². The first-order chi connectivity index (χ1) is 13.2. The maximum absolute atomic E-state index is 12.2. The van der Waals surface area contributed by atoms with E-state index < -0.39 is 17.9 Å². The van der Waals surface area contributed by atoms with Crippen molar-refractivity contribution in [1.82, 2.24) is 10.5 Å². The Morgan fingerprint density at radius 3 is 2.46 bits per heavy atom. The molecular weight excluding hydrogens is 383 g/mol. The lowest BCUT2D eigenvalue weighted by Gasteiger charge is -2.21. The van der Waals surface area contributed by atoms with Gasteiger partial charge in [0.2, 0.25) is 5.90 Å². The van der Waals surface area contributed by atoms with Crippen molar-refractivity contribution in [2.45, 2.75) is 25.3 Å². The SMILES string of the molecule is C[C@@]1(c2ccc(OC(F)(F)F)cc2)CC(Oc2ccc(C(=O)NO)nc2)=NO1. The number of carbonyl (C=O) groups excluding carboxylic acids is 1. The summed E-state index contributed by atoms with van der Waals surface area (Å²) in [6.07, 6.45) is -3.28. The van der Waals surface area contributed by atoms with E-state index in [1.807, 2.05) is 0 Å². The highest BCUT2D eigenvalue weighted by Crippen LogP contribution is 2.36. The van der Waals surface area contributed by atoms with Crippen molar-refractivity contribution in [2.75, 3.05) is 0 Å². The van der Waals surface area contributed by atoms with Gasteiger partial charge in [0.05, 0.1) is 12.6 Å². The molecule has 2 N–H and O–H groups in total. The first-order valence-corrected chi connectivity index (χ1v) is 7.88. The van der Waals surface area contributed by atoms with Gasteiger partial charge in [-0.25, -0.2) is 10.5 Å². The van der Waals surface area contributed by atoms with E-state index >= 15 is 0 Å². The highest BCUT2D eigenvalue weighted by molar-refractivity contribution is 5.91. The number of hydroxylamine groups is 1. The third-order valence-corrected chi connectivity index (χ3v) is 3.84. The summed E-state index contributed by atoms with van der Waals surface area (Å²) in [6.45, 7) is 1.71. The normalized spacial score (nSPS) is 18.8. The van der Waals surface area contributed by atoms with Crippen LogP contribution in [0.5, 0.6) is 11.5 Å². The van der Waals surface area contributed by atoms with Gasteiger partial charge in [-0.05, 0) is 36.8 Å². The summed E-state index contributed by atoms with van der Waals surface area (Å²) in [5, 5.41) is 12.4. The van der Waals surface area contributed by atoms with E-state index in [0.29, 0.717) is 5.56 Å². The number of nitrogens with zero attached hydrogens (tertiary/aromatic N) is 2. The number of aromatic nitrogens is 1. The van der Waals surface area contributed by atoms with Gasteiger partial charge in [0.15, 0.2) is 5.60 Å². The molecule has 28 heavy (non-hydrogen) atoms. The number of nitrogens with one attached hydrogen (secondary N) is 1. The predicted molar refractivity (Wildman–Crippen MR) is 87.7 cm³/mol. The number of benzene rings is 1. The van der Waals surface area contributed by atoms with Gasteiger partial charge in [-0.3, -0.25) is 10.0 Å². The fourth-order valence-corrected chi connectivity index (χ4v) is 2.49. The van der Waals surface area contributed by atoms with Gasteiger partial charge in [-0.1, -0.05) is 17.3 Å². The van der Waals surface area contributed by atoms with Crippen molar-refractivity contribution in [3.8, 4) is 11.5 Å². The average molecular weight is 397 g/mol. The van der Waals surface area contributed by atoms with E-state index in [2.05, 4.69) is 14.9 Å². The van der Waals surface area contributed by atoms with Gasteiger partial charge >= 0.3 is 6.36 Å². The van der Waals surface area contributed by atoms with Gasteiger partial charge in [-0.2, -0.15) is 0 Å². The van der Waals surface area contributed by atoms with Crippen LogP contribution in [0.25, 0.3) is 0 Å². The minimum Gasteiger partial charge on any atom is -0.438 e. The molecule has 3 rings (SSSR count). The van der Waals surface area contributed by atoms with Gasteiger partial charge in [-0.15, -0.1) is 13.2 Å². The van der Waals surface area contributed by atoms with Crippen LogP contribution < -0.4 is 15.0 Å². The zero-order valence-electron chi connectivity index (χ0n) is 14.4. The molecule has 8 nitrogen and oxygen atoms in total. The van der Waals surface area contributed by atoms with E-state index in [4.69, 9.17) is 14.8 Å². The molecule has 0 aliphatic carbocycles. The van der Waals surface area contributed by atoms with Crippen molar-refractivity contribution < 1.29 is 37.5 Å². The van der Waals surface area contributed by atoms with Crippen molar-refractivity contribution >= 4 is 11.8 Å². The van der Waals surface area contributed by atoms with Crippen LogP contribution in [0, 0.1) is 0 Å². The topological polar surface area (TPSA) is 102 Å². The second kappa shape index (κ2) is 7.35. The zero-order valence-corrected chi connectivity index (χ0v) is 14.4. The highest BCUT2D eigenvalue weighted by atomic mass is 19.4. The third-order valence-electron chi connectivity index (χ3n) is 3.84. The molecule has 1 atom stereocenters. The molecule has 1 aliphatic rings. The summed E-state index contributed by atoms with van der Waals surface area (Å²) in [5.74, 6) is -0.596. The quantitative estimate of drug-likeness (QED) is 0.607. The zero-order chi connectivity index (χ0) is 20.4. The summed E-state index contributed by atoms with van der Waals surface area (Å²) in [4.78, 5) is 20.5. The van der Waals surface area contributed by atoms with E-state index in [0.717, 1.165) is 0 Å². The minimum absolute atomic E-state index is 0.00883. The molecule has 0 unspecified atom stereocenters. The summed E-state index contributed by atoms with van der Waals surface area (Å²) in [7, 11) is 0. The van der Waals surface area contributed by atoms with Crippen LogP contribution >= 0.6 is 0 Å². The summed E-state index contributed by atoms with van der Waals surface area (Å²) < 4.78 is 46.1. The average Bonchev–Trinajstić information content (AvgIpc) is 3.03. The molecule has 11 heteroatoms. The first kappa shape index (κ1) is 19.4. The summed E-state index contributed by atoms with van der Waals surface area (Å²) in [6, 6.07) is 8.07. The molecule has 0 bridgehead atoms. The van der Waals surface area contributed by atoms with E-state index in [9.17, 15) is 18.0 Å². The van der Waals surface area contributed by atoms with E-state index in [-0.39, 0.29) is 29.5 Å². The van der Waals surface area contributed by atoms with E-state index in [1.165, 1.54) is 48.1 Å². The molecule has 1 amide bonds. The Balaban J connectivity index is 1.64. The Morgan fingerprint density at radius 1 is 1.21 bits per heavy atom. The number of amides is 1. The number of alkyl halides is 3. The molecular formula is C17H14F3N3O5. The Morgan fingerprint density at radius 2 is 1.89 bits per heavy atom. The molecule has 148 valence electrons. The number of hydrogen-bond donors (Lipinski definition) is 2. The standard InChI is InChI=1S/C17H14F3N3O5/c1-16(10-2-4-11(5-3-10)27-17(18,19)20)8-14(23-28-16)26-12-6-7-13(21-9-12)15(24)22-25/h2-7,9,25H,8H2,1H3,(H,22,24)/t16-/m0/s1. The maximum Gasteiger partial charge on any atom is 0.573 e. The molecule has 1 aliphatic heterocycles.